The van der Waals surface area contributed by atoms with Crippen molar-refractivity contribution >= 4 is 11.8 Å². The van der Waals surface area contributed by atoms with E-state index in [1.165, 1.54) is 6.92 Å². The Kier molecular flexibility index (Phi) is 5.09. The topological polar surface area (TPSA) is 63.6 Å². The summed E-state index contributed by atoms with van der Waals surface area (Å²) in [5.74, 6) is -1.89. The average molecular weight is 200 g/mol. The summed E-state index contributed by atoms with van der Waals surface area (Å²) in [6.07, 6.45) is 3.44. The maximum Gasteiger partial charge on any atom is 0.377 e. The van der Waals surface area contributed by atoms with Gasteiger partial charge in [-0.25, -0.2) is 4.79 Å². The van der Waals surface area contributed by atoms with E-state index in [0.29, 0.717) is 0 Å². The first-order chi connectivity index (χ1) is 6.45. The van der Waals surface area contributed by atoms with Gasteiger partial charge in [0.25, 0.3) is 5.78 Å². The van der Waals surface area contributed by atoms with Crippen LogP contribution in [0.4, 0.5) is 0 Å². The number of ether oxygens (including phenoxy) is 1. The monoisotopic (exact) mass is 200 g/mol. The van der Waals surface area contributed by atoms with Crippen LogP contribution in [0.15, 0.2) is 12.2 Å². The van der Waals surface area contributed by atoms with Crippen molar-refractivity contribution in [2.75, 3.05) is 6.61 Å². The molecule has 4 heteroatoms. The van der Waals surface area contributed by atoms with Gasteiger partial charge in [-0.3, -0.25) is 4.79 Å². The smallest absolute Gasteiger partial charge is 0.377 e. The zero-order chi connectivity index (χ0) is 11.2. The van der Waals surface area contributed by atoms with Gasteiger partial charge in [0.1, 0.15) is 5.60 Å². The molecular weight excluding hydrogens is 184 g/mol. The molecule has 0 aromatic carbocycles. The lowest BCUT2D eigenvalue weighted by atomic mass is 9.96. The van der Waals surface area contributed by atoms with Crippen LogP contribution >= 0.6 is 0 Å². The number of carbonyl (C=O) groups is 2. The highest BCUT2D eigenvalue weighted by molar-refractivity contribution is 6.36. The second kappa shape index (κ2) is 5.54. The number of aliphatic hydroxyl groups is 1. The van der Waals surface area contributed by atoms with E-state index in [-0.39, 0.29) is 13.0 Å². The Morgan fingerprint density at radius 3 is 2.50 bits per heavy atom. The van der Waals surface area contributed by atoms with Crippen LogP contribution in [0.5, 0.6) is 0 Å². The van der Waals surface area contributed by atoms with E-state index in [4.69, 9.17) is 0 Å². The average Bonchev–Trinajstić information content (AvgIpc) is 2.14. The van der Waals surface area contributed by atoms with E-state index in [1.807, 2.05) is 0 Å². The van der Waals surface area contributed by atoms with Crippen molar-refractivity contribution in [3.8, 4) is 0 Å². The van der Waals surface area contributed by atoms with Crippen LogP contribution in [0.2, 0.25) is 0 Å². The van der Waals surface area contributed by atoms with Gasteiger partial charge in [0.05, 0.1) is 6.61 Å². The van der Waals surface area contributed by atoms with Crippen molar-refractivity contribution in [1.29, 1.82) is 0 Å². The summed E-state index contributed by atoms with van der Waals surface area (Å²) >= 11 is 0. The highest BCUT2D eigenvalue weighted by Crippen LogP contribution is 2.12. The molecule has 0 unspecified atom stereocenters. The zero-order valence-corrected chi connectivity index (χ0v) is 8.74. The summed E-state index contributed by atoms with van der Waals surface area (Å²) in [7, 11) is 0. The molecule has 0 saturated heterocycles. The Bertz CT molecular complexity index is 241. The van der Waals surface area contributed by atoms with Crippen molar-refractivity contribution in [1.82, 2.24) is 0 Å². The molecule has 0 saturated carbocycles. The lowest BCUT2D eigenvalue weighted by Gasteiger charge is -2.18. The predicted molar refractivity (Wildman–Crippen MR) is 51.7 cm³/mol. The first kappa shape index (κ1) is 12.8. The number of Topliss-reactive ketones (excluding diaryl/α,β-unsaturated/α-hetero) is 1. The van der Waals surface area contributed by atoms with Crippen LogP contribution in [-0.4, -0.2) is 29.1 Å². The van der Waals surface area contributed by atoms with Gasteiger partial charge in [0, 0.05) is 6.42 Å². The molecule has 4 nitrogen and oxygen atoms in total. The van der Waals surface area contributed by atoms with Crippen molar-refractivity contribution in [2.24, 2.45) is 0 Å². The summed E-state index contributed by atoms with van der Waals surface area (Å²) in [5.41, 5.74) is -1.67. The van der Waals surface area contributed by atoms with Gasteiger partial charge in [0.15, 0.2) is 0 Å². The quantitative estimate of drug-likeness (QED) is 0.405. The standard InChI is InChI=1S/C10H16O4/c1-4-6-7-10(3,13)8(11)9(12)14-5-2/h4,6,13H,5,7H2,1-3H3/t10-/m1/s1. The molecule has 0 fully saturated rings. The summed E-state index contributed by atoms with van der Waals surface area (Å²) in [4.78, 5) is 22.3. The lowest BCUT2D eigenvalue weighted by Crippen LogP contribution is -2.40. The van der Waals surface area contributed by atoms with Crippen molar-refractivity contribution < 1.29 is 19.4 Å². The van der Waals surface area contributed by atoms with Crippen LogP contribution in [0, 0.1) is 0 Å². The highest BCUT2D eigenvalue weighted by atomic mass is 16.5. The minimum absolute atomic E-state index is 0.112. The van der Waals surface area contributed by atoms with Gasteiger partial charge in [0.2, 0.25) is 0 Å². The number of hydrogen-bond donors (Lipinski definition) is 1. The fourth-order valence-electron chi connectivity index (χ4n) is 0.857. The van der Waals surface area contributed by atoms with Gasteiger partial charge in [-0.05, 0) is 20.8 Å². The molecule has 1 N–H and O–H groups in total. The highest BCUT2D eigenvalue weighted by Gasteiger charge is 2.35. The number of esters is 1. The van der Waals surface area contributed by atoms with E-state index in [9.17, 15) is 14.7 Å². The van der Waals surface area contributed by atoms with Crippen LogP contribution in [0.3, 0.4) is 0 Å². The van der Waals surface area contributed by atoms with Crippen molar-refractivity contribution in [3.05, 3.63) is 12.2 Å². The van der Waals surface area contributed by atoms with E-state index in [1.54, 1.807) is 26.0 Å². The van der Waals surface area contributed by atoms with E-state index >= 15 is 0 Å². The molecule has 0 spiro atoms. The van der Waals surface area contributed by atoms with Gasteiger partial charge < -0.3 is 9.84 Å². The fraction of sp³-hybridized carbons (Fsp3) is 0.600. The molecule has 0 aromatic heterocycles. The van der Waals surface area contributed by atoms with E-state index in [2.05, 4.69) is 4.74 Å². The predicted octanol–water partition coefficient (Wildman–Crippen LogP) is 0.836. The summed E-state index contributed by atoms with van der Waals surface area (Å²) in [6, 6.07) is 0. The van der Waals surface area contributed by atoms with Crippen molar-refractivity contribution in [3.63, 3.8) is 0 Å². The fourth-order valence-corrected chi connectivity index (χ4v) is 0.857. The number of allylic oxidation sites excluding steroid dienone is 1. The molecule has 0 bridgehead atoms. The third-order valence-electron chi connectivity index (χ3n) is 1.70. The molecule has 0 radical (unpaired) electrons. The largest absolute Gasteiger partial charge is 0.460 e. The Morgan fingerprint density at radius 1 is 1.50 bits per heavy atom. The molecule has 1 atom stereocenters. The molecule has 14 heavy (non-hydrogen) atoms. The number of carbonyl (C=O) groups excluding carboxylic acids is 2. The van der Waals surface area contributed by atoms with Crippen LogP contribution < -0.4 is 0 Å². The first-order valence-electron chi connectivity index (χ1n) is 4.50. The minimum Gasteiger partial charge on any atom is -0.460 e. The molecule has 0 aliphatic rings. The molecule has 0 rings (SSSR count). The van der Waals surface area contributed by atoms with Crippen LogP contribution in [0.1, 0.15) is 27.2 Å². The molecular formula is C10H16O4. The Hall–Kier alpha value is -1.16. The Morgan fingerprint density at radius 2 is 2.07 bits per heavy atom. The van der Waals surface area contributed by atoms with Crippen molar-refractivity contribution in [2.45, 2.75) is 32.8 Å². The SMILES string of the molecule is CC=CC[C@@](C)(O)C(=O)C(=O)OCC. The second-order valence-electron chi connectivity index (χ2n) is 3.10. The first-order valence-corrected chi connectivity index (χ1v) is 4.50. The Labute approximate surface area is 83.6 Å². The zero-order valence-electron chi connectivity index (χ0n) is 8.74. The number of hydrogen-bond acceptors (Lipinski definition) is 4. The maximum atomic E-state index is 11.3. The van der Waals surface area contributed by atoms with Crippen LogP contribution in [0.25, 0.3) is 0 Å². The Balaban J connectivity index is 4.41. The van der Waals surface area contributed by atoms with Gasteiger partial charge in [-0.15, -0.1) is 0 Å². The maximum absolute atomic E-state index is 11.3. The molecule has 0 aliphatic carbocycles. The molecule has 80 valence electrons. The van der Waals surface area contributed by atoms with E-state index < -0.39 is 17.4 Å². The third kappa shape index (κ3) is 3.70. The number of ketones is 1. The molecule has 0 aliphatic heterocycles. The lowest BCUT2D eigenvalue weighted by molar-refractivity contribution is -0.161. The molecule has 0 amide bonds. The van der Waals surface area contributed by atoms with Gasteiger partial charge in [-0.2, -0.15) is 0 Å². The van der Waals surface area contributed by atoms with E-state index in [0.717, 1.165) is 0 Å². The summed E-state index contributed by atoms with van der Waals surface area (Å²) in [6.45, 7) is 4.80. The molecule has 0 heterocycles. The van der Waals surface area contributed by atoms with Crippen LogP contribution in [-0.2, 0) is 14.3 Å². The second-order valence-corrected chi connectivity index (χ2v) is 3.10. The normalized spacial score (nSPS) is 15.1. The van der Waals surface area contributed by atoms with Gasteiger partial charge in [-0.1, -0.05) is 12.2 Å². The summed E-state index contributed by atoms with van der Waals surface area (Å²) in [5, 5.41) is 9.61. The molecule has 0 aromatic rings. The minimum atomic E-state index is -1.67. The third-order valence-corrected chi connectivity index (χ3v) is 1.70. The summed E-state index contributed by atoms with van der Waals surface area (Å²) < 4.78 is 4.50. The number of rotatable bonds is 5. The van der Waals surface area contributed by atoms with Gasteiger partial charge >= 0.3 is 5.97 Å².